The van der Waals surface area contributed by atoms with Gasteiger partial charge in [-0.25, -0.2) is 0 Å². The van der Waals surface area contributed by atoms with Gasteiger partial charge in [0.2, 0.25) is 5.91 Å². The normalized spacial score (nSPS) is 31.6. The second kappa shape index (κ2) is 5.67. The highest BCUT2D eigenvalue weighted by atomic mass is 16.3. The summed E-state index contributed by atoms with van der Waals surface area (Å²) in [6.45, 7) is 0.770. The summed E-state index contributed by atoms with van der Waals surface area (Å²) in [5.74, 6) is 1.02. The van der Waals surface area contributed by atoms with E-state index in [1.165, 1.54) is 19.3 Å². The summed E-state index contributed by atoms with van der Waals surface area (Å²) in [5, 5.41) is 12.5. The fourth-order valence-electron chi connectivity index (χ4n) is 2.99. The van der Waals surface area contributed by atoms with Crippen molar-refractivity contribution < 1.29 is 9.90 Å². The van der Waals surface area contributed by atoms with E-state index >= 15 is 0 Å². The van der Waals surface area contributed by atoms with E-state index in [-0.39, 0.29) is 17.9 Å². The van der Waals surface area contributed by atoms with E-state index in [0.717, 1.165) is 38.6 Å². The van der Waals surface area contributed by atoms with Crippen LogP contribution in [-0.2, 0) is 4.79 Å². The Kier molecular flexibility index (Phi) is 4.22. The topological polar surface area (TPSA) is 49.3 Å². The highest BCUT2D eigenvalue weighted by Gasteiger charge is 2.25. The zero-order chi connectivity index (χ0) is 11.4. The molecule has 0 saturated heterocycles. The number of amides is 1. The van der Waals surface area contributed by atoms with Crippen molar-refractivity contribution >= 4 is 5.91 Å². The molecule has 0 heterocycles. The first-order valence-corrected chi connectivity index (χ1v) is 6.71. The van der Waals surface area contributed by atoms with E-state index in [0.29, 0.717) is 5.92 Å². The van der Waals surface area contributed by atoms with Crippen molar-refractivity contribution in [2.45, 2.75) is 57.5 Å². The first-order chi connectivity index (χ1) is 7.75. The number of carbonyl (C=O) groups excluding carboxylic acids is 1. The van der Waals surface area contributed by atoms with Gasteiger partial charge in [-0.05, 0) is 38.0 Å². The third-order valence-corrected chi connectivity index (χ3v) is 4.05. The second-order valence-corrected chi connectivity index (χ2v) is 5.41. The van der Waals surface area contributed by atoms with E-state index < -0.39 is 0 Å². The molecule has 2 rings (SSSR count). The van der Waals surface area contributed by atoms with Crippen LogP contribution in [0.5, 0.6) is 0 Å². The lowest BCUT2D eigenvalue weighted by Gasteiger charge is -2.21. The van der Waals surface area contributed by atoms with E-state index in [9.17, 15) is 9.90 Å². The minimum atomic E-state index is -0.128. The third-order valence-electron chi connectivity index (χ3n) is 4.05. The Morgan fingerprint density at radius 3 is 2.50 bits per heavy atom. The lowest BCUT2D eigenvalue weighted by Crippen LogP contribution is -2.34. The lowest BCUT2D eigenvalue weighted by atomic mass is 9.88. The fourth-order valence-corrected chi connectivity index (χ4v) is 2.99. The Hall–Kier alpha value is -0.570. The number of aliphatic hydroxyl groups excluding tert-OH is 1. The molecular weight excluding hydrogens is 202 g/mol. The molecule has 3 heteroatoms. The molecule has 2 aliphatic carbocycles. The van der Waals surface area contributed by atoms with Crippen LogP contribution in [0.1, 0.15) is 51.4 Å². The molecule has 2 aliphatic rings. The Morgan fingerprint density at radius 2 is 1.88 bits per heavy atom. The minimum absolute atomic E-state index is 0.128. The van der Waals surface area contributed by atoms with Crippen LogP contribution < -0.4 is 5.32 Å². The van der Waals surface area contributed by atoms with Crippen LogP contribution in [0.25, 0.3) is 0 Å². The zero-order valence-electron chi connectivity index (χ0n) is 9.95. The Balaban J connectivity index is 1.66. The van der Waals surface area contributed by atoms with E-state index in [1.807, 2.05) is 0 Å². The summed E-state index contributed by atoms with van der Waals surface area (Å²) in [6.07, 6.45) is 8.55. The molecular formula is C13H23NO2. The summed E-state index contributed by atoms with van der Waals surface area (Å²) in [4.78, 5) is 11.9. The lowest BCUT2D eigenvalue weighted by molar-refractivity contribution is -0.126. The molecule has 2 saturated carbocycles. The summed E-state index contributed by atoms with van der Waals surface area (Å²) >= 11 is 0. The SMILES string of the molecule is O=C(NCC1CCC(O)C1)C1CCCCC1. The van der Waals surface area contributed by atoms with Gasteiger partial charge in [0.1, 0.15) is 0 Å². The average Bonchev–Trinajstić information content (AvgIpc) is 2.73. The fraction of sp³-hybridized carbons (Fsp3) is 0.923. The highest BCUT2D eigenvalue weighted by molar-refractivity contribution is 5.78. The number of nitrogens with one attached hydrogen (secondary N) is 1. The van der Waals surface area contributed by atoms with Gasteiger partial charge in [-0.1, -0.05) is 19.3 Å². The van der Waals surface area contributed by atoms with E-state index in [1.54, 1.807) is 0 Å². The number of rotatable bonds is 3. The summed E-state index contributed by atoms with van der Waals surface area (Å²) in [5.41, 5.74) is 0. The number of aliphatic hydroxyl groups is 1. The van der Waals surface area contributed by atoms with Crippen molar-refractivity contribution in [1.82, 2.24) is 5.32 Å². The number of carbonyl (C=O) groups is 1. The molecule has 2 N–H and O–H groups in total. The molecule has 0 bridgehead atoms. The van der Waals surface area contributed by atoms with Crippen LogP contribution in [-0.4, -0.2) is 23.7 Å². The van der Waals surface area contributed by atoms with Gasteiger partial charge >= 0.3 is 0 Å². The minimum Gasteiger partial charge on any atom is -0.393 e. The van der Waals surface area contributed by atoms with Crippen LogP contribution in [0.3, 0.4) is 0 Å². The second-order valence-electron chi connectivity index (χ2n) is 5.41. The Labute approximate surface area is 97.6 Å². The van der Waals surface area contributed by atoms with Crippen LogP contribution in [0.2, 0.25) is 0 Å². The molecule has 0 aliphatic heterocycles. The Bertz CT molecular complexity index is 236. The summed E-state index contributed by atoms with van der Waals surface area (Å²) < 4.78 is 0. The van der Waals surface area contributed by atoms with Crippen molar-refractivity contribution in [3.05, 3.63) is 0 Å². The van der Waals surface area contributed by atoms with Gasteiger partial charge in [0.25, 0.3) is 0 Å². The molecule has 0 aromatic heterocycles. The van der Waals surface area contributed by atoms with Crippen LogP contribution in [0, 0.1) is 11.8 Å². The van der Waals surface area contributed by atoms with Gasteiger partial charge in [-0.2, -0.15) is 0 Å². The number of hydrogen-bond acceptors (Lipinski definition) is 2. The average molecular weight is 225 g/mol. The Morgan fingerprint density at radius 1 is 1.12 bits per heavy atom. The van der Waals surface area contributed by atoms with Gasteiger partial charge in [-0.3, -0.25) is 4.79 Å². The predicted molar refractivity (Wildman–Crippen MR) is 62.9 cm³/mol. The quantitative estimate of drug-likeness (QED) is 0.770. The molecule has 2 fully saturated rings. The summed E-state index contributed by atoms with van der Waals surface area (Å²) in [6, 6.07) is 0. The van der Waals surface area contributed by atoms with Crippen molar-refractivity contribution in [2.24, 2.45) is 11.8 Å². The molecule has 16 heavy (non-hydrogen) atoms. The first kappa shape index (κ1) is 11.9. The van der Waals surface area contributed by atoms with Gasteiger partial charge in [0.15, 0.2) is 0 Å². The number of hydrogen-bond donors (Lipinski definition) is 2. The maximum Gasteiger partial charge on any atom is 0.223 e. The smallest absolute Gasteiger partial charge is 0.223 e. The molecule has 0 spiro atoms. The van der Waals surface area contributed by atoms with Crippen LogP contribution in [0.4, 0.5) is 0 Å². The highest BCUT2D eigenvalue weighted by Crippen LogP contribution is 2.26. The van der Waals surface area contributed by atoms with Gasteiger partial charge in [0, 0.05) is 12.5 Å². The van der Waals surface area contributed by atoms with Crippen molar-refractivity contribution in [3.63, 3.8) is 0 Å². The molecule has 2 atom stereocenters. The van der Waals surface area contributed by atoms with Gasteiger partial charge < -0.3 is 10.4 Å². The predicted octanol–water partition coefficient (Wildman–Crippen LogP) is 1.84. The molecule has 2 unspecified atom stereocenters. The maximum atomic E-state index is 11.9. The summed E-state index contributed by atoms with van der Waals surface area (Å²) in [7, 11) is 0. The standard InChI is InChI=1S/C13H23NO2/c15-12-7-6-10(8-12)9-14-13(16)11-4-2-1-3-5-11/h10-12,15H,1-9H2,(H,14,16). The van der Waals surface area contributed by atoms with Gasteiger partial charge in [0.05, 0.1) is 6.10 Å². The first-order valence-electron chi connectivity index (χ1n) is 6.71. The third kappa shape index (κ3) is 3.21. The van der Waals surface area contributed by atoms with Gasteiger partial charge in [-0.15, -0.1) is 0 Å². The zero-order valence-corrected chi connectivity index (χ0v) is 9.95. The van der Waals surface area contributed by atoms with Crippen LogP contribution >= 0.6 is 0 Å². The molecule has 1 amide bonds. The molecule has 92 valence electrons. The molecule has 0 aromatic carbocycles. The van der Waals surface area contributed by atoms with Crippen molar-refractivity contribution in [2.75, 3.05) is 6.54 Å². The molecule has 3 nitrogen and oxygen atoms in total. The molecule has 0 aromatic rings. The van der Waals surface area contributed by atoms with Crippen molar-refractivity contribution in [3.8, 4) is 0 Å². The largest absolute Gasteiger partial charge is 0.393 e. The van der Waals surface area contributed by atoms with E-state index in [2.05, 4.69) is 5.32 Å². The van der Waals surface area contributed by atoms with Crippen LogP contribution in [0.15, 0.2) is 0 Å². The monoisotopic (exact) mass is 225 g/mol. The van der Waals surface area contributed by atoms with E-state index in [4.69, 9.17) is 0 Å². The maximum absolute atomic E-state index is 11.9. The molecule has 0 radical (unpaired) electrons. The van der Waals surface area contributed by atoms with Crippen molar-refractivity contribution in [1.29, 1.82) is 0 Å².